The second kappa shape index (κ2) is 9.47. The van der Waals surface area contributed by atoms with E-state index in [-0.39, 0.29) is 23.6 Å². The number of carbonyl (C=O) groups excluding carboxylic acids is 2. The highest BCUT2D eigenvalue weighted by Crippen LogP contribution is 2.21. The van der Waals surface area contributed by atoms with Crippen molar-refractivity contribution in [1.82, 2.24) is 25.6 Å². The van der Waals surface area contributed by atoms with Crippen molar-refractivity contribution in [3.05, 3.63) is 34.2 Å². The number of hydrogen-bond donors (Lipinski definition) is 3. The Labute approximate surface area is 177 Å². The molecule has 11 heteroatoms. The normalized spacial score (nSPS) is 16.9. The molecule has 3 heterocycles. The van der Waals surface area contributed by atoms with Crippen LogP contribution < -0.4 is 15.5 Å². The fraction of sp³-hybridized carbons (Fsp3) is 0.500. The number of amides is 2. The summed E-state index contributed by atoms with van der Waals surface area (Å²) in [7, 11) is 0. The molecule has 1 aliphatic rings. The maximum absolute atomic E-state index is 12.6. The monoisotopic (exact) mass is 438 g/mol. The number of rotatable bonds is 6. The van der Waals surface area contributed by atoms with Crippen molar-refractivity contribution in [3.8, 4) is 0 Å². The number of carbonyl (C=O) groups is 2. The lowest BCUT2D eigenvalue weighted by Gasteiger charge is -2.30. The van der Waals surface area contributed by atoms with E-state index in [1.54, 1.807) is 19.9 Å². The van der Waals surface area contributed by atoms with Gasteiger partial charge in [-0.1, -0.05) is 11.6 Å². The van der Waals surface area contributed by atoms with Gasteiger partial charge in [0.15, 0.2) is 0 Å². The first kappa shape index (κ1) is 21.4. The molecule has 2 atom stereocenters. The Morgan fingerprint density at radius 1 is 1.21 bits per heavy atom. The predicted molar refractivity (Wildman–Crippen MR) is 110 cm³/mol. The number of anilines is 1. The topological polar surface area (TPSA) is 120 Å². The van der Waals surface area contributed by atoms with E-state index in [9.17, 15) is 14.7 Å². The van der Waals surface area contributed by atoms with Crippen molar-refractivity contribution in [2.24, 2.45) is 0 Å². The molecule has 3 N–H and O–H groups in total. The van der Waals surface area contributed by atoms with Gasteiger partial charge in [0.1, 0.15) is 33.2 Å². The molecule has 0 saturated carbocycles. The SMILES string of the molecule is CC(Cl)NC(=O)c1cnc([C@@H](C)NC(=O)c2cc(N3CCC(O)CC3)ncn2)s1. The maximum atomic E-state index is 12.6. The van der Waals surface area contributed by atoms with Crippen LogP contribution in [0.25, 0.3) is 0 Å². The second-order valence-electron chi connectivity index (χ2n) is 6.83. The molecule has 9 nitrogen and oxygen atoms in total. The van der Waals surface area contributed by atoms with E-state index in [0.29, 0.717) is 41.6 Å². The number of aromatic nitrogens is 3. The van der Waals surface area contributed by atoms with Gasteiger partial charge in [0.05, 0.1) is 18.3 Å². The summed E-state index contributed by atoms with van der Waals surface area (Å²) >= 11 is 6.97. The summed E-state index contributed by atoms with van der Waals surface area (Å²) in [5, 5.41) is 15.7. The first-order valence-electron chi connectivity index (χ1n) is 9.30. The zero-order chi connectivity index (χ0) is 21.0. The minimum atomic E-state index is -0.486. The average molecular weight is 439 g/mol. The lowest BCUT2D eigenvalue weighted by molar-refractivity contribution is 0.0931. The molecule has 0 aromatic carbocycles. The molecule has 1 saturated heterocycles. The summed E-state index contributed by atoms with van der Waals surface area (Å²) in [6.07, 6.45) is 3.88. The molecule has 1 fully saturated rings. The number of alkyl halides is 1. The van der Waals surface area contributed by atoms with Gasteiger partial charge < -0.3 is 20.6 Å². The third kappa shape index (κ3) is 5.62. The molecular formula is C18H23ClN6O3S. The lowest BCUT2D eigenvalue weighted by atomic mass is 10.1. The Kier molecular flexibility index (Phi) is 6.99. The molecule has 0 spiro atoms. The first-order chi connectivity index (χ1) is 13.8. The fourth-order valence-corrected chi connectivity index (χ4v) is 3.84. The Morgan fingerprint density at radius 3 is 2.62 bits per heavy atom. The van der Waals surface area contributed by atoms with Crippen LogP contribution in [0.5, 0.6) is 0 Å². The van der Waals surface area contributed by atoms with Gasteiger partial charge in [-0.3, -0.25) is 9.59 Å². The highest BCUT2D eigenvalue weighted by Gasteiger charge is 2.21. The van der Waals surface area contributed by atoms with E-state index < -0.39 is 11.5 Å². The average Bonchev–Trinajstić information content (AvgIpc) is 3.19. The minimum absolute atomic E-state index is 0.249. The smallest absolute Gasteiger partial charge is 0.270 e. The Hall–Kier alpha value is -2.30. The van der Waals surface area contributed by atoms with Crippen molar-refractivity contribution in [1.29, 1.82) is 0 Å². The summed E-state index contributed by atoms with van der Waals surface area (Å²) in [5.74, 6) is 0.00347. The van der Waals surface area contributed by atoms with Crippen molar-refractivity contribution < 1.29 is 14.7 Å². The van der Waals surface area contributed by atoms with E-state index in [2.05, 4.69) is 25.6 Å². The van der Waals surface area contributed by atoms with Crippen molar-refractivity contribution in [2.45, 2.75) is 44.3 Å². The zero-order valence-corrected chi connectivity index (χ0v) is 17.7. The van der Waals surface area contributed by atoms with Crippen LogP contribution in [-0.2, 0) is 0 Å². The second-order valence-corrected chi connectivity index (χ2v) is 8.54. The third-order valence-corrected chi connectivity index (χ3v) is 5.76. The number of thiazole rings is 1. The Balaban J connectivity index is 1.63. The standard InChI is InChI=1S/C18H23ClN6O3S/c1-10(18-20-8-14(29-18)17(28)24-11(2)19)23-16(27)13-7-15(22-9-21-13)25-5-3-12(26)4-6-25/h7-12,26H,3-6H2,1-2H3,(H,23,27)(H,24,28)/t10-,11?/m1/s1. The minimum Gasteiger partial charge on any atom is -0.393 e. The van der Waals surface area contributed by atoms with Crippen LogP contribution in [0.4, 0.5) is 5.82 Å². The van der Waals surface area contributed by atoms with Crippen molar-refractivity contribution in [3.63, 3.8) is 0 Å². The Bertz CT molecular complexity index is 869. The van der Waals surface area contributed by atoms with Crippen LogP contribution in [0.15, 0.2) is 18.6 Å². The number of nitrogens with one attached hydrogen (secondary N) is 2. The van der Waals surface area contributed by atoms with Gasteiger partial charge in [-0.05, 0) is 26.7 Å². The van der Waals surface area contributed by atoms with E-state index in [1.165, 1.54) is 23.9 Å². The summed E-state index contributed by atoms with van der Waals surface area (Å²) in [4.78, 5) is 39.6. The largest absolute Gasteiger partial charge is 0.393 e. The van der Waals surface area contributed by atoms with Crippen LogP contribution in [-0.4, -0.2) is 56.6 Å². The third-order valence-electron chi connectivity index (χ3n) is 4.47. The van der Waals surface area contributed by atoms with Gasteiger partial charge in [0.25, 0.3) is 11.8 Å². The summed E-state index contributed by atoms with van der Waals surface area (Å²) in [6, 6.07) is 1.24. The molecule has 2 aromatic rings. The molecule has 0 radical (unpaired) electrons. The van der Waals surface area contributed by atoms with Gasteiger partial charge in [0, 0.05) is 19.2 Å². The number of hydrogen-bond acceptors (Lipinski definition) is 8. The van der Waals surface area contributed by atoms with E-state index in [4.69, 9.17) is 11.6 Å². The van der Waals surface area contributed by atoms with Crippen LogP contribution >= 0.6 is 22.9 Å². The summed E-state index contributed by atoms with van der Waals surface area (Å²) < 4.78 is 0. The molecule has 1 aliphatic heterocycles. The molecule has 2 amide bonds. The predicted octanol–water partition coefficient (Wildman–Crippen LogP) is 1.70. The number of halogens is 1. The molecule has 0 aliphatic carbocycles. The number of piperidine rings is 1. The van der Waals surface area contributed by atoms with Crippen LogP contribution in [0.3, 0.4) is 0 Å². The Morgan fingerprint density at radius 2 is 1.93 bits per heavy atom. The quantitative estimate of drug-likeness (QED) is 0.463. The van der Waals surface area contributed by atoms with Gasteiger partial charge >= 0.3 is 0 Å². The molecule has 1 unspecified atom stereocenters. The lowest BCUT2D eigenvalue weighted by Crippen LogP contribution is -2.36. The molecular weight excluding hydrogens is 416 g/mol. The highest BCUT2D eigenvalue weighted by molar-refractivity contribution is 7.13. The van der Waals surface area contributed by atoms with Gasteiger partial charge in [-0.15, -0.1) is 11.3 Å². The number of nitrogens with zero attached hydrogens (tertiary/aromatic N) is 4. The summed E-state index contributed by atoms with van der Waals surface area (Å²) in [5.41, 5.74) is -0.237. The van der Waals surface area contributed by atoms with Crippen molar-refractivity contribution in [2.75, 3.05) is 18.0 Å². The van der Waals surface area contributed by atoms with E-state index in [1.807, 2.05) is 4.90 Å². The van der Waals surface area contributed by atoms with Gasteiger partial charge in [-0.25, -0.2) is 15.0 Å². The van der Waals surface area contributed by atoms with Gasteiger partial charge in [-0.2, -0.15) is 0 Å². The van der Waals surface area contributed by atoms with Gasteiger partial charge in [0.2, 0.25) is 0 Å². The number of aliphatic hydroxyl groups is 1. The van der Waals surface area contributed by atoms with Crippen LogP contribution in [0.1, 0.15) is 57.9 Å². The van der Waals surface area contributed by atoms with Crippen LogP contribution in [0.2, 0.25) is 0 Å². The highest BCUT2D eigenvalue weighted by atomic mass is 35.5. The van der Waals surface area contributed by atoms with E-state index in [0.717, 1.165) is 0 Å². The van der Waals surface area contributed by atoms with E-state index >= 15 is 0 Å². The first-order valence-corrected chi connectivity index (χ1v) is 10.6. The fourth-order valence-electron chi connectivity index (χ4n) is 2.92. The molecule has 156 valence electrons. The van der Waals surface area contributed by atoms with Crippen LogP contribution in [0, 0.1) is 0 Å². The maximum Gasteiger partial charge on any atom is 0.270 e. The number of aliphatic hydroxyl groups excluding tert-OH is 1. The van der Waals surface area contributed by atoms with Crippen molar-refractivity contribution >= 4 is 40.6 Å². The molecule has 3 rings (SSSR count). The molecule has 0 bridgehead atoms. The zero-order valence-electron chi connectivity index (χ0n) is 16.1. The summed E-state index contributed by atoms with van der Waals surface area (Å²) in [6.45, 7) is 4.81. The molecule has 29 heavy (non-hydrogen) atoms. The molecule has 2 aromatic heterocycles.